The third-order valence-electron chi connectivity index (χ3n) is 3.64. The van der Waals surface area contributed by atoms with Crippen LogP contribution in [0.4, 0.5) is 15.0 Å². The number of hydrogen-bond acceptors (Lipinski definition) is 5. The summed E-state index contributed by atoms with van der Waals surface area (Å²) in [4.78, 5) is 35.9. The van der Waals surface area contributed by atoms with E-state index in [1.807, 2.05) is 0 Å². The molecule has 0 aliphatic heterocycles. The fourth-order valence-corrected chi connectivity index (χ4v) is 2.42. The van der Waals surface area contributed by atoms with Gasteiger partial charge in [0.25, 0.3) is 0 Å². The number of pyridine rings is 1. The van der Waals surface area contributed by atoms with Crippen molar-refractivity contribution in [3.8, 4) is 11.3 Å². The van der Waals surface area contributed by atoms with E-state index in [1.54, 1.807) is 25.1 Å². The molecule has 2 heterocycles. The van der Waals surface area contributed by atoms with Crippen molar-refractivity contribution in [1.82, 2.24) is 20.3 Å². The Morgan fingerprint density at radius 3 is 2.69 bits per heavy atom. The summed E-state index contributed by atoms with van der Waals surface area (Å²) in [6.45, 7) is 3.58. The second-order valence-corrected chi connectivity index (χ2v) is 5.50. The predicted octanol–water partition coefficient (Wildman–Crippen LogP) is 3.17. The molecule has 2 N–H and O–H groups in total. The normalized spacial score (nSPS) is 10.6. The molecular formula is C18H16FN5O2. The number of benzene rings is 1. The summed E-state index contributed by atoms with van der Waals surface area (Å²) in [5, 5.41) is 5.18. The van der Waals surface area contributed by atoms with Gasteiger partial charge in [-0.1, -0.05) is 6.07 Å². The molecular weight excluding hydrogens is 337 g/mol. The molecule has 2 amide bonds. The lowest BCUT2D eigenvalue weighted by molar-refractivity contribution is 0.101. The van der Waals surface area contributed by atoms with Crippen molar-refractivity contribution in [1.29, 1.82) is 0 Å². The highest BCUT2D eigenvalue weighted by molar-refractivity contribution is 5.95. The maximum Gasteiger partial charge on any atom is 0.320 e. The Bertz CT molecular complexity index is 1010. The van der Waals surface area contributed by atoms with E-state index >= 15 is 0 Å². The number of nitrogens with zero attached hydrogens (tertiary/aromatic N) is 3. The molecule has 3 rings (SSSR count). The molecule has 0 spiro atoms. The summed E-state index contributed by atoms with van der Waals surface area (Å²) in [5.74, 6) is -0.720. The first-order valence-electron chi connectivity index (χ1n) is 7.98. The summed E-state index contributed by atoms with van der Waals surface area (Å²) >= 11 is 0. The molecule has 0 atom stereocenters. The van der Waals surface area contributed by atoms with E-state index in [2.05, 4.69) is 25.6 Å². The molecule has 0 saturated carbocycles. The minimum Gasteiger partial charge on any atom is -0.338 e. The summed E-state index contributed by atoms with van der Waals surface area (Å²) in [5.41, 5.74) is 1.16. The zero-order valence-corrected chi connectivity index (χ0v) is 14.2. The summed E-state index contributed by atoms with van der Waals surface area (Å²) in [6.07, 6.45) is 1.42. The number of carbonyl (C=O) groups is 2. The van der Waals surface area contributed by atoms with Crippen LogP contribution in [-0.4, -0.2) is 33.3 Å². The molecule has 7 nitrogen and oxygen atoms in total. The number of fused-ring (bicyclic) bond motifs is 1. The lowest BCUT2D eigenvalue weighted by Gasteiger charge is -2.08. The van der Waals surface area contributed by atoms with Gasteiger partial charge < -0.3 is 5.32 Å². The van der Waals surface area contributed by atoms with Crippen LogP contribution in [0.15, 0.2) is 36.5 Å². The monoisotopic (exact) mass is 353 g/mol. The van der Waals surface area contributed by atoms with E-state index in [1.165, 1.54) is 25.3 Å². The van der Waals surface area contributed by atoms with E-state index < -0.39 is 5.82 Å². The van der Waals surface area contributed by atoms with Gasteiger partial charge in [-0.3, -0.25) is 15.1 Å². The molecule has 26 heavy (non-hydrogen) atoms. The number of anilines is 1. The van der Waals surface area contributed by atoms with Gasteiger partial charge in [0.05, 0.1) is 17.5 Å². The lowest BCUT2D eigenvalue weighted by atomic mass is 10.0. The molecule has 2 aromatic heterocycles. The Morgan fingerprint density at radius 1 is 1.15 bits per heavy atom. The van der Waals surface area contributed by atoms with Crippen molar-refractivity contribution < 1.29 is 14.0 Å². The van der Waals surface area contributed by atoms with Gasteiger partial charge in [-0.15, -0.1) is 0 Å². The van der Waals surface area contributed by atoms with E-state index in [9.17, 15) is 14.0 Å². The Labute approximate surface area is 148 Å². The maximum atomic E-state index is 14.6. The fourth-order valence-electron chi connectivity index (χ4n) is 2.42. The molecule has 1 aromatic carbocycles. The van der Waals surface area contributed by atoms with Gasteiger partial charge in [0.15, 0.2) is 11.4 Å². The molecule has 0 radical (unpaired) electrons. The van der Waals surface area contributed by atoms with Crippen LogP contribution >= 0.6 is 0 Å². The van der Waals surface area contributed by atoms with E-state index in [4.69, 9.17) is 0 Å². The van der Waals surface area contributed by atoms with Crippen molar-refractivity contribution in [2.45, 2.75) is 13.8 Å². The van der Waals surface area contributed by atoms with Gasteiger partial charge in [-0.25, -0.2) is 19.2 Å². The van der Waals surface area contributed by atoms with Crippen LogP contribution in [0.3, 0.4) is 0 Å². The number of amides is 2. The fraction of sp³-hybridized carbons (Fsp3) is 0.167. The van der Waals surface area contributed by atoms with Crippen molar-refractivity contribution >= 4 is 28.8 Å². The molecule has 0 unspecified atom stereocenters. The molecule has 0 saturated heterocycles. The zero-order chi connectivity index (χ0) is 18.7. The molecule has 3 aromatic rings. The summed E-state index contributed by atoms with van der Waals surface area (Å²) in [7, 11) is 0. The maximum absolute atomic E-state index is 14.6. The first-order chi connectivity index (χ1) is 12.5. The quantitative estimate of drug-likeness (QED) is 0.702. The van der Waals surface area contributed by atoms with Crippen molar-refractivity contribution in [3.63, 3.8) is 0 Å². The predicted molar refractivity (Wildman–Crippen MR) is 95.4 cm³/mol. The van der Waals surface area contributed by atoms with Crippen LogP contribution in [-0.2, 0) is 0 Å². The lowest BCUT2D eigenvalue weighted by Crippen LogP contribution is -2.28. The Hall–Kier alpha value is -3.42. The van der Waals surface area contributed by atoms with E-state index in [-0.39, 0.29) is 34.3 Å². The van der Waals surface area contributed by atoms with E-state index in [0.717, 1.165) is 0 Å². The first kappa shape index (κ1) is 17.4. The average molecular weight is 353 g/mol. The Balaban J connectivity index is 2.02. The van der Waals surface area contributed by atoms with Crippen LogP contribution in [0.2, 0.25) is 0 Å². The van der Waals surface area contributed by atoms with Crippen molar-refractivity contribution in [2.75, 3.05) is 11.9 Å². The van der Waals surface area contributed by atoms with Crippen LogP contribution in [0, 0.1) is 5.82 Å². The third kappa shape index (κ3) is 3.49. The first-order valence-corrected chi connectivity index (χ1v) is 7.98. The van der Waals surface area contributed by atoms with Gasteiger partial charge >= 0.3 is 6.03 Å². The Kier molecular flexibility index (Phi) is 4.83. The number of ketones is 1. The molecule has 8 heteroatoms. The molecule has 0 bridgehead atoms. The SMILES string of the molecule is CCNC(=O)Nc1ccc2ncc(-c3cccc(C(C)=O)c3F)nc2n1. The number of rotatable bonds is 4. The second-order valence-electron chi connectivity index (χ2n) is 5.50. The summed E-state index contributed by atoms with van der Waals surface area (Å²) in [6, 6.07) is 7.40. The number of aromatic nitrogens is 3. The van der Waals surface area contributed by atoms with Crippen molar-refractivity contribution in [2.24, 2.45) is 0 Å². The number of urea groups is 1. The highest BCUT2D eigenvalue weighted by Gasteiger charge is 2.15. The number of nitrogens with one attached hydrogen (secondary N) is 2. The largest absolute Gasteiger partial charge is 0.338 e. The average Bonchev–Trinajstić information content (AvgIpc) is 2.61. The molecule has 0 fully saturated rings. The standard InChI is InChI=1S/C18H16FN5O2/c1-3-20-18(26)24-15-8-7-13-17(23-15)22-14(9-21-13)12-6-4-5-11(10(2)25)16(12)19/h4-9H,3H2,1-2H3,(H2,20,22,23,24,26). The molecule has 0 aliphatic rings. The van der Waals surface area contributed by atoms with Gasteiger partial charge in [-0.2, -0.15) is 0 Å². The second kappa shape index (κ2) is 7.22. The minimum absolute atomic E-state index is 0.0102. The number of hydrogen-bond donors (Lipinski definition) is 2. The highest BCUT2D eigenvalue weighted by Crippen LogP contribution is 2.24. The van der Waals surface area contributed by atoms with Gasteiger partial charge in [-0.05, 0) is 38.1 Å². The van der Waals surface area contributed by atoms with Crippen LogP contribution in [0.1, 0.15) is 24.2 Å². The van der Waals surface area contributed by atoms with Gasteiger partial charge in [0.2, 0.25) is 0 Å². The summed E-state index contributed by atoms with van der Waals surface area (Å²) < 4.78 is 14.6. The molecule has 132 valence electrons. The highest BCUT2D eigenvalue weighted by atomic mass is 19.1. The minimum atomic E-state index is -0.648. The Morgan fingerprint density at radius 2 is 1.96 bits per heavy atom. The third-order valence-corrected chi connectivity index (χ3v) is 3.64. The van der Waals surface area contributed by atoms with Gasteiger partial charge in [0.1, 0.15) is 17.2 Å². The van der Waals surface area contributed by atoms with Crippen LogP contribution in [0.25, 0.3) is 22.4 Å². The number of halogens is 1. The van der Waals surface area contributed by atoms with Crippen LogP contribution < -0.4 is 10.6 Å². The number of Topliss-reactive ketones (excluding diaryl/α,β-unsaturated/α-hetero) is 1. The zero-order valence-electron chi connectivity index (χ0n) is 14.2. The van der Waals surface area contributed by atoms with Gasteiger partial charge in [0, 0.05) is 12.1 Å². The van der Waals surface area contributed by atoms with E-state index in [0.29, 0.717) is 17.9 Å². The van der Waals surface area contributed by atoms with Crippen molar-refractivity contribution in [3.05, 3.63) is 47.9 Å². The topological polar surface area (TPSA) is 96.9 Å². The molecule has 0 aliphatic carbocycles. The number of carbonyl (C=O) groups excluding carboxylic acids is 2. The van der Waals surface area contributed by atoms with Crippen LogP contribution in [0.5, 0.6) is 0 Å². The smallest absolute Gasteiger partial charge is 0.320 e.